The monoisotopic (exact) mass is 467 g/mol. The molecule has 1 amide bonds. The van der Waals surface area contributed by atoms with Gasteiger partial charge in [0.05, 0.1) is 16.8 Å². The van der Waals surface area contributed by atoms with Gasteiger partial charge < -0.3 is 10.7 Å². The Bertz CT molecular complexity index is 1280. The highest BCUT2D eigenvalue weighted by Crippen LogP contribution is 2.37. The van der Waals surface area contributed by atoms with Crippen LogP contribution in [0.2, 0.25) is 0 Å². The number of fused-ring (bicyclic) bond motifs is 1. The van der Waals surface area contributed by atoms with E-state index >= 15 is 0 Å². The first-order valence-electron chi connectivity index (χ1n) is 11.5. The summed E-state index contributed by atoms with van der Waals surface area (Å²) in [6.07, 6.45) is 3.46. The van der Waals surface area contributed by atoms with Crippen molar-refractivity contribution in [1.82, 2.24) is 9.29 Å². The van der Waals surface area contributed by atoms with Gasteiger partial charge in [-0.1, -0.05) is 45.0 Å². The van der Waals surface area contributed by atoms with Crippen LogP contribution in [-0.2, 0) is 15.4 Å². The summed E-state index contributed by atoms with van der Waals surface area (Å²) in [4.78, 5) is 15.5. The minimum Gasteiger partial charge on any atom is -0.366 e. The van der Waals surface area contributed by atoms with E-state index in [-0.39, 0.29) is 17.1 Å². The fourth-order valence-corrected chi connectivity index (χ4v) is 5.87. The van der Waals surface area contributed by atoms with Crippen molar-refractivity contribution in [3.8, 4) is 11.1 Å². The van der Waals surface area contributed by atoms with E-state index in [1.54, 1.807) is 11.2 Å². The molecule has 2 heterocycles. The van der Waals surface area contributed by atoms with E-state index in [0.717, 1.165) is 40.4 Å². The lowest BCUT2D eigenvalue weighted by atomic mass is 9.85. The van der Waals surface area contributed by atoms with Gasteiger partial charge in [0.25, 0.3) is 5.91 Å². The van der Waals surface area contributed by atoms with Crippen LogP contribution in [-0.4, -0.2) is 42.5 Å². The fourth-order valence-electron chi connectivity index (χ4n) is 4.74. The van der Waals surface area contributed by atoms with Crippen LogP contribution in [0.3, 0.4) is 0 Å². The molecule has 176 valence electrons. The van der Waals surface area contributed by atoms with Crippen LogP contribution in [0.15, 0.2) is 42.6 Å². The van der Waals surface area contributed by atoms with E-state index in [9.17, 15) is 13.2 Å². The standard InChI is InChI=1S/C26H33N3O3S/c1-5-33(31,32)29-12-10-18(11-13-29)23-16-28-24-21(23)14-19(15-22(24)25(27)30)17-6-8-20(9-7-17)26(2,3)4/h6-9,14-16,18,28H,5,10-13H2,1-4H3,(H2,27,30). The molecule has 0 saturated carbocycles. The number of hydrogen-bond donors (Lipinski definition) is 2. The van der Waals surface area contributed by atoms with Crippen molar-refractivity contribution in [3.05, 3.63) is 59.3 Å². The van der Waals surface area contributed by atoms with Crippen LogP contribution >= 0.6 is 0 Å². The SMILES string of the molecule is CCS(=O)(=O)N1CCC(c2c[nH]c3c(C(N)=O)cc(-c4ccc(C(C)(C)C)cc4)cc23)CC1. The Hall–Kier alpha value is -2.64. The molecule has 1 aliphatic heterocycles. The lowest BCUT2D eigenvalue weighted by Crippen LogP contribution is -2.38. The van der Waals surface area contributed by atoms with Gasteiger partial charge >= 0.3 is 0 Å². The minimum absolute atomic E-state index is 0.0643. The van der Waals surface area contributed by atoms with Crippen LogP contribution in [0.4, 0.5) is 0 Å². The van der Waals surface area contributed by atoms with Gasteiger partial charge in [-0.3, -0.25) is 4.79 Å². The Morgan fingerprint density at radius 3 is 2.27 bits per heavy atom. The average molecular weight is 468 g/mol. The van der Waals surface area contributed by atoms with Gasteiger partial charge in [0.1, 0.15) is 0 Å². The molecule has 6 nitrogen and oxygen atoms in total. The Balaban J connectivity index is 1.72. The second-order valence-corrected chi connectivity index (χ2v) is 12.2. The maximum absolute atomic E-state index is 12.3. The molecule has 0 spiro atoms. The van der Waals surface area contributed by atoms with Crippen LogP contribution in [0.5, 0.6) is 0 Å². The Morgan fingerprint density at radius 1 is 1.09 bits per heavy atom. The molecule has 33 heavy (non-hydrogen) atoms. The summed E-state index contributed by atoms with van der Waals surface area (Å²) >= 11 is 0. The summed E-state index contributed by atoms with van der Waals surface area (Å²) in [6, 6.07) is 12.4. The maximum Gasteiger partial charge on any atom is 0.250 e. The first-order chi connectivity index (χ1) is 15.5. The topological polar surface area (TPSA) is 96.3 Å². The fraction of sp³-hybridized carbons (Fsp3) is 0.423. The highest BCUT2D eigenvalue weighted by Gasteiger charge is 2.29. The predicted molar refractivity (Wildman–Crippen MR) is 134 cm³/mol. The van der Waals surface area contributed by atoms with Crippen molar-refractivity contribution in [2.24, 2.45) is 5.73 Å². The molecule has 3 aromatic rings. The third-order valence-corrected chi connectivity index (χ3v) is 8.70. The van der Waals surface area contributed by atoms with Crippen LogP contribution in [0.1, 0.15) is 67.9 Å². The number of amides is 1. The van der Waals surface area contributed by atoms with Gasteiger partial charge in [-0.25, -0.2) is 12.7 Å². The third-order valence-electron chi connectivity index (χ3n) is 6.82. The van der Waals surface area contributed by atoms with Crippen LogP contribution < -0.4 is 5.73 Å². The van der Waals surface area contributed by atoms with Crippen molar-refractivity contribution in [2.45, 2.75) is 51.9 Å². The lowest BCUT2D eigenvalue weighted by molar-refractivity contribution is 0.100. The third kappa shape index (κ3) is 4.57. The predicted octanol–water partition coefficient (Wildman–Crippen LogP) is 4.76. The van der Waals surface area contributed by atoms with E-state index in [1.807, 2.05) is 12.3 Å². The number of H-pyrrole nitrogens is 1. The molecule has 3 N–H and O–H groups in total. The molecule has 1 saturated heterocycles. The molecular weight excluding hydrogens is 434 g/mol. The number of sulfonamides is 1. The van der Waals surface area contributed by atoms with Gasteiger partial charge in [0.2, 0.25) is 10.0 Å². The maximum atomic E-state index is 12.3. The van der Waals surface area contributed by atoms with E-state index in [0.29, 0.717) is 18.7 Å². The first kappa shape index (κ1) is 23.5. The molecule has 0 atom stereocenters. The van der Waals surface area contributed by atoms with E-state index in [2.05, 4.69) is 56.1 Å². The molecule has 2 aromatic carbocycles. The van der Waals surface area contributed by atoms with Gasteiger partial charge in [-0.2, -0.15) is 0 Å². The second kappa shape index (κ2) is 8.61. The van der Waals surface area contributed by atoms with E-state index in [4.69, 9.17) is 5.73 Å². The number of aromatic nitrogens is 1. The van der Waals surface area contributed by atoms with Crippen molar-refractivity contribution >= 4 is 26.8 Å². The molecule has 1 aliphatic rings. The summed E-state index contributed by atoms with van der Waals surface area (Å²) in [7, 11) is -3.17. The molecule has 0 unspecified atom stereocenters. The number of rotatable bonds is 5. The Morgan fingerprint density at radius 2 is 1.73 bits per heavy atom. The van der Waals surface area contributed by atoms with E-state index < -0.39 is 15.9 Å². The Kier molecular flexibility index (Phi) is 6.14. The quantitative estimate of drug-likeness (QED) is 0.566. The number of primary amides is 1. The van der Waals surface area contributed by atoms with Crippen molar-refractivity contribution in [2.75, 3.05) is 18.8 Å². The van der Waals surface area contributed by atoms with Gasteiger partial charge in [-0.05, 0) is 65.5 Å². The van der Waals surface area contributed by atoms with Gasteiger partial charge in [0.15, 0.2) is 0 Å². The van der Waals surface area contributed by atoms with Gasteiger partial charge in [0, 0.05) is 24.7 Å². The molecule has 7 heteroatoms. The highest BCUT2D eigenvalue weighted by atomic mass is 32.2. The number of hydrogen-bond acceptors (Lipinski definition) is 3. The molecule has 0 bridgehead atoms. The molecule has 0 radical (unpaired) electrons. The zero-order valence-electron chi connectivity index (χ0n) is 19.8. The number of nitrogens with one attached hydrogen (secondary N) is 1. The number of carbonyl (C=O) groups excluding carboxylic acids is 1. The molecule has 1 aromatic heterocycles. The first-order valence-corrected chi connectivity index (χ1v) is 13.2. The summed E-state index contributed by atoms with van der Waals surface area (Å²) < 4.78 is 26.1. The largest absolute Gasteiger partial charge is 0.366 e. The summed E-state index contributed by atoms with van der Waals surface area (Å²) in [5.74, 6) is -0.115. The van der Waals surface area contributed by atoms with E-state index in [1.165, 1.54) is 5.56 Å². The van der Waals surface area contributed by atoms with Crippen LogP contribution in [0, 0.1) is 0 Å². The minimum atomic E-state index is -3.17. The number of carbonyl (C=O) groups is 1. The Labute approximate surface area is 196 Å². The average Bonchev–Trinajstić information content (AvgIpc) is 3.22. The normalized spacial score (nSPS) is 16.4. The number of piperidine rings is 1. The number of nitrogens with two attached hydrogens (primary N) is 1. The number of nitrogens with zero attached hydrogens (tertiary/aromatic N) is 1. The molecular formula is C26H33N3O3S. The molecule has 4 rings (SSSR count). The van der Waals surface area contributed by atoms with Crippen molar-refractivity contribution in [3.63, 3.8) is 0 Å². The number of benzene rings is 2. The second-order valence-electron chi connectivity index (χ2n) is 9.96. The van der Waals surface area contributed by atoms with Crippen molar-refractivity contribution < 1.29 is 13.2 Å². The summed E-state index contributed by atoms with van der Waals surface area (Å²) in [5, 5.41) is 0.984. The van der Waals surface area contributed by atoms with Crippen molar-refractivity contribution in [1.29, 1.82) is 0 Å². The smallest absolute Gasteiger partial charge is 0.250 e. The van der Waals surface area contributed by atoms with Crippen LogP contribution in [0.25, 0.3) is 22.0 Å². The zero-order valence-corrected chi connectivity index (χ0v) is 20.6. The summed E-state index contributed by atoms with van der Waals surface area (Å²) in [5.41, 5.74) is 11.4. The summed E-state index contributed by atoms with van der Waals surface area (Å²) in [6.45, 7) is 9.27. The molecule has 0 aliphatic carbocycles. The molecule has 1 fully saturated rings. The lowest BCUT2D eigenvalue weighted by Gasteiger charge is -2.31. The zero-order chi connectivity index (χ0) is 24.0. The van der Waals surface area contributed by atoms with Gasteiger partial charge in [-0.15, -0.1) is 0 Å². The highest BCUT2D eigenvalue weighted by molar-refractivity contribution is 7.89. The number of aromatic amines is 1.